The molecule has 2 aromatic rings. The number of carboxylic acids is 1. The number of nitrogens with zero attached hydrogens (tertiary/aromatic N) is 4. The van der Waals surface area contributed by atoms with Crippen molar-refractivity contribution in [2.45, 2.75) is 32.0 Å². The van der Waals surface area contributed by atoms with Gasteiger partial charge in [0.2, 0.25) is 5.88 Å². The average Bonchev–Trinajstić information content (AvgIpc) is 3.30. The lowest BCUT2D eigenvalue weighted by atomic mass is 10.1. The Morgan fingerprint density at radius 1 is 1.38 bits per heavy atom. The number of aromatic nitrogens is 2. The lowest BCUT2D eigenvalue weighted by Gasteiger charge is -2.33. The first-order chi connectivity index (χ1) is 16.4. The molecule has 2 aromatic heterocycles. The Kier molecular flexibility index (Phi) is 7.00. The van der Waals surface area contributed by atoms with Crippen molar-refractivity contribution in [3.05, 3.63) is 60.1 Å². The lowest BCUT2D eigenvalue weighted by Crippen LogP contribution is -2.45. The lowest BCUT2D eigenvalue weighted by molar-refractivity contribution is 0.0268. The average molecular weight is 469 g/mol. The van der Waals surface area contributed by atoms with Crippen LogP contribution < -0.4 is 10.2 Å². The Labute approximate surface area is 194 Å². The molecule has 4 rings (SSSR count). The van der Waals surface area contributed by atoms with Crippen LogP contribution in [0, 0.1) is 5.92 Å². The number of amides is 1. The van der Waals surface area contributed by atoms with Crippen molar-refractivity contribution < 1.29 is 28.2 Å². The molecule has 10 nitrogen and oxygen atoms in total. The Morgan fingerprint density at radius 3 is 3.03 bits per heavy atom. The molecule has 0 spiro atoms. The highest BCUT2D eigenvalue weighted by atomic mass is 19.1. The van der Waals surface area contributed by atoms with Crippen molar-refractivity contribution in [2.75, 3.05) is 23.3 Å². The van der Waals surface area contributed by atoms with Crippen LogP contribution in [0.25, 0.3) is 0 Å². The van der Waals surface area contributed by atoms with Crippen LogP contribution in [0.4, 0.5) is 16.1 Å². The van der Waals surface area contributed by atoms with Gasteiger partial charge in [0.1, 0.15) is 17.9 Å². The van der Waals surface area contributed by atoms with Crippen LogP contribution in [0.5, 0.6) is 0 Å². The molecule has 0 saturated carbocycles. The van der Waals surface area contributed by atoms with Gasteiger partial charge in [0.15, 0.2) is 11.9 Å². The maximum absolute atomic E-state index is 14.9. The molecule has 0 bridgehead atoms. The molecule has 0 radical (unpaired) electrons. The normalized spacial score (nSPS) is 25.9. The smallest absolute Gasteiger partial charge is 0.339 e. The number of hydrogen-bond donors (Lipinski definition) is 2. The van der Waals surface area contributed by atoms with Crippen LogP contribution >= 0.6 is 0 Å². The Bertz CT molecular complexity index is 1140. The summed E-state index contributed by atoms with van der Waals surface area (Å²) in [6, 6.07) is 1.47. The number of ether oxygens (including phenoxy) is 1. The highest BCUT2D eigenvalue weighted by Crippen LogP contribution is 2.26. The largest absolute Gasteiger partial charge is 0.478 e. The SMILES string of the molecule is CC1\C=C/C=N\C(O[C@H]2CCN(c3nc(C(=O)Nc4ccncc4C(=O)O)co3)C[C@H]2F)=C\C1. The maximum Gasteiger partial charge on any atom is 0.339 e. The molecule has 2 aliphatic heterocycles. The van der Waals surface area contributed by atoms with Gasteiger partial charge < -0.3 is 24.5 Å². The molecular formula is C23H24FN5O5. The van der Waals surface area contributed by atoms with E-state index >= 15 is 0 Å². The van der Waals surface area contributed by atoms with E-state index in [2.05, 4.69) is 27.2 Å². The van der Waals surface area contributed by atoms with Crippen molar-refractivity contribution in [3.63, 3.8) is 0 Å². The second-order valence-corrected chi connectivity index (χ2v) is 8.02. The third-order valence-corrected chi connectivity index (χ3v) is 5.44. The van der Waals surface area contributed by atoms with E-state index in [1.807, 2.05) is 18.2 Å². The molecule has 0 aromatic carbocycles. The standard InChI is InChI=1S/C23H24FN5O5/c1-14-3-2-8-26-20(5-4-14)34-19-7-10-29(12-16(19)24)23-28-18(13-33-23)21(30)27-17-6-9-25-11-15(17)22(31)32/h2-3,5-6,8-9,11,13-14,16,19H,4,7,10,12H2,1H3,(H,31,32)(H,25,27,30)/b3-2-,20-5-,26-8-/t14?,16-,19+/m1/s1. The maximum atomic E-state index is 14.9. The zero-order valence-corrected chi connectivity index (χ0v) is 18.4. The summed E-state index contributed by atoms with van der Waals surface area (Å²) in [5, 5.41) is 11.7. The first kappa shape index (κ1) is 23.1. The number of aliphatic imine (C=N–C) groups is 1. The van der Waals surface area contributed by atoms with E-state index in [1.165, 1.54) is 12.3 Å². The number of anilines is 2. The van der Waals surface area contributed by atoms with Crippen molar-refractivity contribution in [2.24, 2.45) is 10.9 Å². The summed E-state index contributed by atoms with van der Waals surface area (Å²) in [4.78, 5) is 37.5. The minimum Gasteiger partial charge on any atom is -0.478 e. The summed E-state index contributed by atoms with van der Waals surface area (Å²) in [5.41, 5.74) is -0.140. The minimum atomic E-state index is -1.32. The number of carbonyl (C=O) groups excluding carboxylic acids is 1. The van der Waals surface area contributed by atoms with Crippen LogP contribution in [0.15, 0.2) is 58.2 Å². The van der Waals surface area contributed by atoms with Gasteiger partial charge in [-0.2, -0.15) is 4.98 Å². The molecule has 2 N–H and O–H groups in total. The second kappa shape index (κ2) is 10.3. The van der Waals surface area contributed by atoms with Crippen molar-refractivity contribution in [1.29, 1.82) is 0 Å². The first-order valence-electron chi connectivity index (χ1n) is 10.8. The quantitative estimate of drug-likeness (QED) is 0.658. The van der Waals surface area contributed by atoms with Crippen molar-refractivity contribution >= 4 is 29.8 Å². The van der Waals surface area contributed by atoms with Crippen LogP contribution in [-0.2, 0) is 4.74 Å². The first-order valence-corrected chi connectivity index (χ1v) is 10.8. The number of halogens is 1. The molecule has 1 fully saturated rings. The molecular weight excluding hydrogens is 445 g/mol. The van der Waals surface area contributed by atoms with E-state index in [4.69, 9.17) is 9.15 Å². The van der Waals surface area contributed by atoms with Crippen LogP contribution in [-0.4, -0.2) is 58.5 Å². The number of hydrogen-bond acceptors (Lipinski definition) is 8. The van der Waals surface area contributed by atoms with Crippen LogP contribution in [0.2, 0.25) is 0 Å². The molecule has 0 aliphatic carbocycles. The number of aromatic carboxylic acids is 1. The fourth-order valence-corrected chi connectivity index (χ4v) is 3.57. The second-order valence-electron chi connectivity index (χ2n) is 8.02. The Balaban J connectivity index is 1.37. The number of rotatable bonds is 6. The summed E-state index contributed by atoms with van der Waals surface area (Å²) < 4.78 is 26.1. The molecule has 1 saturated heterocycles. The van der Waals surface area contributed by atoms with E-state index in [1.54, 1.807) is 11.1 Å². The van der Waals surface area contributed by atoms with Gasteiger partial charge in [-0.3, -0.25) is 9.78 Å². The zero-order valence-electron chi connectivity index (χ0n) is 18.4. The molecule has 1 unspecified atom stereocenters. The Morgan fingerprint density at radius 2 is 2.24 bits per heavy atom. The number of nitrogens with one attached hydrogen (secondary N) is 1. The molecule has 34 heavy (non-hydrogen) atoms. The minimum absolute atomic E-state index is 0.0208. The monoisotopic (exact) mass is 469 g/mol. The molecule has 178 valence electrons. The fourth-order valence-electron chi connectivity index (χ4n) is 3.57. The predicted molar refractivity (Wildman–Crippen MR) is 122 cm³/mol. The third-order valence-electron chi connectivity index (χ3n) is 5.44. The summed E-state index contributed by atoms with van der Waals surface area (Å²) in [6.07, 6.45) is 10.2. The van der Waals surface area contributed by atoms with Gasteiger partial charge in [-0.15, -0.1) is 0 Å². The van der Waals surface area contributed by atoms with Crippen molar-refractivity contribution in [3.8, 4) is 0 Å². The van der Waals surface area contributed by atoms with Crippen LogP contribution in [0.1, 0.15) is 40.6 Å². The highest BCUT2D eigenvalue weighted by Gasteiger charge is 2.33. The number of carboxylic acid groups (broad SMARTS) is 1. The van der Waals surface area contributed by atoms with Gasteiger partial charge in [-0.1, -0.05) is 13.0 Å². The summed E-state index contributed by atoms with van der Waals surface area (Å²) in [6.45, 7) is 2.47. The number of pyridine rings is 1. The van der Waals surface area contributed by atoms with Gasteiger partial charge in [-0.25, -0.2) is 14.2 Å². The van der Waals surface area contributed by atoms with Gasteiger partial charge >= 0.3 is 5.97 Å². The predicted octanol–water partition coefficient (Wildman–Crippen LogP) is 3.46. The summed E-state index contributed by atoms with van der Waals surface area (Å²) in [5.74, 6) is -1.13. The molecule has 4 heterocycles. The molecule has 2 aliphatic rings. The van der Waals surface area contributed by atoms with Gasteiger partial charge in [0, 0.05) is 31.6 Å². The number of alkyl halides is 1. The zero-order chi connectivity index (χ0) is 24.1. The number of carbonyl (C=O) groups is 2. The van der Waals surface area contributed by atoms with E-state index in [9.17, 15) is 19.1 Å². The summed E-state index contributed by atoms with van der Waals surface area (Å²) >= 11 is 0. The molecule has 11 heteroatoms. The van der Waals surface area contributed by atoms with Gasteiger partial charge in [-0.05, 0) is 30.6 Å². The van der Waals surface area contributed by atoms with E-state index in [-0.39, 0.29) is 29.5 Å². The van der Waals surface area contributed by atoms with Crippen molar-refractivity contribution in [1.82, 2.24) is 9.97 Å². The van der Waals surface area contributed by atoms with E-state index < -0.39 is 24.2 Å². The number of piperidine rings is 1. The highest BCUT2D eigenvalue weighted by molar-refractivity contribution is 6.06. The van der Waals surface area contributed by atoms with E-state index in [0.717, 1.165) is 18.9 Å². The number of oxazole rings is 1. The van der Waals surface area contributed by atoms with Gasteiger partial charge in [0.05, 0.1) is 12.2 Å². The van der Waals surface area contributed by atoms with Gasteiger partial charge in [0.25, 0.3) is 11.9 Å². The number of allylic oxidation sites excluding steroid dienone is 3. The summed E-state index contributed by atoms with van der Waals surface area (Å²) in [7, 11) is 0. The van der Waals surface area contributed by atoms with Crippen LogP contribution in [0.3, 0.4) is 0 Å². The van der Waals surface area contributed by atoms with E-state index in [0.29, 0.717) is 24.8 Å². The Hall–Kier alpha value is -4.02. The fraction of sp³-hybridized carbons (Fsp3) is 0.348. The molecule has 1 amide bonds. The third kappa shape index (κ3) is 5.48. The topological polar surface area (TPSA) is 130 Å². The molecule has 3 atom stereocenters.